The number of carbonyl (C=O) groups is 2. The van der Waals surface area contributed by atoms with Gasteiger partial charge in [-0.2, -0.15) is 10.1 Å². The number of rotatable bonds is 6. The number of aliphatic carboxylic acids is 1. The molecule has 7 rings (SSSR count). The van der Waals surface area contributed by atoms with Crippen molar-refractivity contribution in [2.45, 2.75) is 19.8 Å². The van der Waals surface area contributed by atoms with E-state index < -0.39 is 11.9 Å². The van der Waals surface area contributed by atoms with Gasteiger partial charge in [-0.1, -0.05) is 42.0 Å². The Hall–Kier alpha value is -4.79. The van der Waals surface area contributed by atoms with Gasteiger partial charge >= 0.3 is 5.97 Å². The number of benzene rings is 3. The molecule has 0 aliphatic carbocycles. The Labute approximate surface area is 257 Å². The van der Waals surface area contributed by atoms with Crippen molar-refractivity contribution < 1.29 is 14.7 Å². The molecule has 2 aromatic heterocycles. The summed E-state index contributed by atoms with van der Waals surface area (Å²) >= 11 is 3.26. The van der Waals surface area contributed by atoms with E-state index in [2.05, 4.69) is 71.5 Å². The normalized spacial score (nSPS) is 15.6. The largest absolute Gasteiger partial charge is 0.476 e. The highest BCUT2D eigenvalue weighted by Gasteiger charge is 2.35. The van der Waals surface area contributed by atoms with Gasteiger partial charge in [0.05, 0.1) is 11.3 Å². The summed E-state index contributed by atoms with van der Waals surface area (Å²) in [5.74, 6) is -1.69. The van der Waals surface area contributed by atoms with Crippen LogP contribution >= 0.6 is 22.7 Å². The molecule has 212 valence electrons. The maximum Gasteiger partial charge on any atom is 0.357 e. The molecule has 4 heterocycles. The summed E-state index contributed by atoms with van der Waals surface area (Å²) in [6.45, 7) is 3.13. The molecule has 0 spiro atoms. The fraction of sp³-hybridized carbons (Fsp3) is 0.114. The van der Waals surface area contributed by atoms with Gasteiger partial charge in [0.1, 0.15) is 0 Å². The van der Waals surface area contributed by atoms with Crippen LogP contribution < -0.4 is 9.91 Å². The standard InChI is InChI=1S/C35H27N3O3S2/c1-22-9-12-25(13-10-22)37-19-5-6-23-20-24(11-15-29(23)37)30-17-18-32(43-30)31-16-14-27(42-31)21-28-33(35(40)41)36-38(34(28)39)26-7-3-2-4-8-26/h2-4,7-18,20-21H,5-6,19H2,1H3,(H,40,41). The zero-order valence-corrected chi connectivity index (χ0v) is 25.0. The highest BCUT2D eigenvalue weighted by Crippen LogP contribution is 2.41. The van der Waals surface area contributed by atoms with Crippen LogP contribution in [0.4, 0.5) is 17.1 Å². The van der Waals surface area contributed by atoms with Crippen LogP contribution in [0.15, 0.2) is 108 Å². The van der Waals surface area contributed by atoms with E-state index in [1.807, 2.05) is 18.2 Å². The summed E-state index contributed by atoms with van der Waals surface area (Å²) < 4.78 is 0. The molecule has 6 nitrogen and oxygen atoms in total. The Morgan fingerprint density at radius 1 is 0.860 bits per heavy atom. The van der Waals surface area contributed by atoms with Gasteiger partial charge in [0.15, 0.2) is 5.71 Å². The molecule has 0 radical (unpaired) electrons. The van der Waals surface area contributed by atoms with Crippen LogP contribution in [-0.2, 0) is 16.0 Å². The zero-order valence-electron chi connectivity index (χ0n) is 23.4. The number of hydrogen-bond acceptors (Lipinski definition) is 6. The predicted molar refractivity (Wildman–Crippen MR) is 177 cm³/mol. The highest BCUT2D eigenvalue weighted by atomic mass is 32.1. The number of anilines is 3. The lowest BCUT2D eigenvalue weighted by atomic mass is 9.98. The van der Waals surface area contributed by atoms with Crippen molar-refractivity contribution in [3.63, 3.8) is 0 Å². The number of carbonyl (C=O) groups excluding carboxylic acids is 1. The number of hydrogen-bond donors (Lipinski definition) is 1. The molecule has 3 aromatic carbocycles. The molecule has 43 heavy (non-hydrogen) atoms. The number of thiophene rings is 2. The van der Waals surface area contributed by atoms with Crippen LogP contribution in [0.25, 0.3) is 26.3 Å². The number of carboxylic acids is 1. The molecular formula is C35H27N3O3S2. The number of fused-ring (bicyclic) bond motifs is 1. The number of amides is 1. The average Bonchev–Trinajstić information content (AvgIpc) is 3.77. The Morgan fingerprint density at radius 2 is 1.60 bits per heavy atom. The van der Waals surface area contributed by atoms with Crippen molar-refractivity contribution in [1.29, 1.82) is 0 Å². The monoisotopic (exact) mass is 601 g/mol. The van der Waals surface area contributed by atoms with E-state index in [9.17, 15) is 14.7 Å². The molecular weight excluding hydrogens is 575 g/mol. The molecule has 5 aromatic rings. The van der Waals surface area contributed by atoms with E-state index in [1.165, 1.54) is 44.3 Å². The predicted octanol–water partition coefficient (Wildman–Crippen LogP) is 8.41. The van der Waals surface area contributed by atoms with Gasteiger partial charge in [-0.05, 0) is 97.6 Å². The molecule has 2 aliphatic rings. The fourth-order valence-electron chi connectivity index (χ4n) is 5.52. The third-order valence-electron chi connectivity index (χ3n) is 7.67. The lowest BCUT2D eigenvalue weighted by molar-refractivity contribution is -0.129. The van der Waals surface area contributed by atoms with Gasteiger partial charge < -0.3 is 10.0 Å². The van der Waals surface area contributed by atoms with Crippen LogP contribution in [0.1, 0.15) is 22.4 Å². The second-order valence-electron chi connectivity index (χ2n) is 10.6. The first-order valence-corrected chi connectivity index (χ1v) is 15.7. The van der Waals surface area contributed by atoms with Crippen molar-refractivity contribution in [3.05, 3.63) is 119 Å². The lowest BCUT2D eigenvalue weighted by Gasteiger charge is -2.31. The van der Waals surface area contributed by atoms with Crippen molar-refractivity contribution in [2.24, 2.45) is 5.10 Å². The Kier molecular flexibility index (Phi) is 7.01. The molecule has 0 fully saturated rings. The topological polar surface area (TPSA) is 73.2 Å². The van der Waals surface area contributed by atoms with Gasteiger partial charge in [-0.25, -0.2) is 4.79 Å². The maximum atomic E-state index is 13.2. The molecule has 0 unspecified atom stereocenters. The van der Waals surface area contributed by atoms with Gasteiger partial charge in [0.25, 0.3) is 5.91 Å². The molecule has 1 N–H and O–H groups in total. The van der Waals surface area contributed by atoms with E-state index in [0.717, 1.165) is 39.0 Å². The Bertz CT molecular complexity index is 1920. The van der Waals surface area contributed by atoms with Gasteiger partial charge in [-0.3, -0.25) is 4.79 Å². The third kappa shape index (κ3) is 5.20. The number of carboxylic acid groups (broad SMARTS) is 1. The molecule has 2 aliphatic heterocycles. The fourth-order valence-corrected chi connectivity index (χ4v) is 7.56. The first-order valence-electron chi connectivity index (χ1n) is 14.1. The SMILES string of the molecule is Cc1ccc(N2CCCc3cc(-c4ccc(-c5ccc(C=C6C(=O)N(c7ccccc7)N=C6C(=O)O)s5)s4)ccc32)cc1. The van der Waals surface area contributed by atoms with E-state index in [4.69, 9.17) is 0 Å². The van der Waals surface area contributed by atoms with Crippen LogP contribution in [0.3, 0.4) is 0 Å². The summed E-state index contributed by atoms with van der Waals surface area (Å²) in [6, 6.07) is 32.6. The Balaban J connectivity index is 1.13. The van der Waals surface area contributed by atoms with E-state index >= 15 is 0 Å². The lowest BCUT2D eigenvalue weighted by Crippen LogP contribution is -2.24. The van der Waals surface area contributed by atoms with E-state index in [1.54, 1.807) is 41.7 Å². The first-order chi connectivity index (χ1) is 20.9. The molecule has 8 heteroatoms. The maximum absolute atomic E-state index is 13.2. The second-order valence-corrected chi connectivity index (χ2v) is 12.8. The van der Waals surface area contributed by atoms with Crippen LogP contribution in [0.5, 0.6) is 0 Å². The minimum Gasteiger partial charge on any atom is -0.476 e. The highest BCUT2D eigenvalue weighted by molar-refractivity contribution is 7.24. The zero-order chi connectivity index (χ0) is 29.5. The van der Waals surface area contributed by atoms with Crippen LogP contribution in [0.2, 0.25) is 0 Å². The number of hydrazone groups is 1. The summed E-state index contributed by atoms with van der Waals surface area (Å²) in [6.07, 6.45) is 3.81. The number of aryl methyl sites for hydroxylation is 2. The minimum absolute atomic E-state index is 0.0744. The van der Waals surface area contributed by atoms with Gasteiger partial charge in [0.2, 0.25) is 0 Å². The summed E-state index contributed by atoms with van der Waals surface area (Å²) in [7, 11) is 0. The minimum atomic E-state index is -1.23. The molecule has 0 saturated heterocycles. The average molecular weight is 602 g/mol. The summed E-state index contributed by atoms with van der Waals surface area (Å²) in [4.78, 5) is 31.7. The molecule has 0 atom stereocenters. The van der Waals surface area contributed by atoms with Crippen molar-refractivity contribution in [3.8, 4) is 20.2 Å². The van der Waals surface area contributed by atoms with Gasteiger partial charge in [0, 0.05) is 37.4 Å². The number of nitrogens with zero attached hydrogens (tertiary/aromatic N) is 3. The van der Waals surface area contributed by atoms with E-state index in [0.29, 0.717) is 5.69 Å². The quantitative estimate of drug-likeness (QED) is 0.198. The van der Waals surface area contributed by atoms with Crippen molar-refractivity contribution in [2.75, 3.05) is 16.5 Å². The molecule has 0 bridgehead atoms. The van der Waals surface area contributed by atoms with Crippen LogP contribution in [-0.4, -0.2) is 29.2 Å². The van der Waals surface area contributed by atoms with E-state index in [-0.39, 0.29) is 11.3 Å². The molecule has 1 amide bonds. The van der Waals surface area contributed by atoms with Crippen molar-refractivity contribution >= 4 is 63.4 Å². The third-order valence-corrected chi connectivity index (χ3v) is 10.0. The first kappa shape index (κ1) is 27.1. The van der Waals surface area contributed by atoms with Crippen LogP contribution in [0, 0.1) is 6.92 Å². The Morgan fingerprint density at radius 3 is 2.40 bits per heavy atom. The van der Waals surface area contributed by atoms with Crippen molar-refractivity contribution in [1.82, 2.24) is 0 Å². The summed E-state index contributed by atoms with van der Waals surface area (Å²) in [5, 5.41) is 15.0. The van der Waals surface area contributed by atoms with Gasteiger partial charge in [-0.15, -0.1) is 22.7 Å². The summed E-state index contributed by atoms with van der Waals surface area (Å²) in [5.41, 5.74) is 6.70. The second kappa shape index (κ2) is 11.1. The smallest absolute Gasteiger partial charge is 0.357 e. The molecule has 0 saturated carbocycles. The number of para-hydroxylation sites is 1.